The van der Waals surface area contributed by atoms with Gasteiger partial charge >= 0.3 is 0 Å². The quantitative estimate of drug-likeness (QED) is 0.434. The predicted molar refractivity (Wildman–Crippen MR) is 108 cm³/mol. The summed E-state index contributed by atoms with van der Waals surface area (Å²) >= 11 is 15.7. The first-order valence-corrected chi connectivity index (χ1v) is 9.56. The molecular weight excluding hydrogens is 465 g/mol. The zero-order chi connectivity index (χ0) is 19.7. The second kappa shape index (κ2) is 7.72. The maximum atomic E-state index is 8.92. The van der Waals surface area contributed by atoms with E-state index >= 15 is 0 Å². The first kappa shape index (κ1) is 18.6. The smallest absolute Gasteiger partial charge is 0.186 e. The van der Waals surface area contributed by atoms with Crippen LogP contribution >= 0.6 is 39.1 Å². The van der Waals surface area contributed by atoms with Crippen LogP contribution in [-0.4, -0.2) is 30.0 Å². The van der Waals surface area contributed by atoms with Gasteiger partial charge in [-0.2, -0.15) is 10.4 Å². The van der Waals surface area contributed by atoms with E-state index in [0.29, 0.717) is 32.6 Å². The van der Waals surface area contributed by atoms with E-state index in [9.17, 15) is 0 Å². The average molecular weight is 475 g/mol. The summed E-state index contributed by atoms with van der Waals surface area (Å²) in [5, 5.41) is 26.2. The maximum Gasteiger partial charge on any atom is 0.186 e. The van der Waals surface area contributed by atoms with Crippen LogP contribution in [0.3, 0.4) is 0 Å². The van der Waals surface area contributed by atoms with Crippen molar-refractivity contribution in [2.24, 2.45) is 0 Å². The number of halogens is 3. The number of nitrogens with zero attached hydrogens (tertiary/aromatic N) is 7. The van der Waals surface area contributed by atoms with Gasteiger partial charge in [-0.05, 0) is 62.3 Å². The van der Waals surface area contributed by atoms with E-state index in [1.807, 2.05) is 18.2 Å². The minimum Gasteiger partial charge on any atom is -0.226 e. The maximum absolute atomic E-state index is 8.92. The second-order valence-electron chi connectivity index (χ2n) is 5.83. The molecule has 10 heteroatoms. The number of hydrogen-bond acceptors (Lipinski definition) is 5. The van der Waals surface area contributed by atoms with E-state index in [1.165, 1.54) is 0 Å². The molecule has 0 aliphatic rings. The van der Waals surface area contributed by atoms with Gasteiger partial charge in [0.15, 0.2) is 5.82 Å². The summed E-state index contributed by atoms with van der Waals surface area (Å²) in [6.45, 7) is 0.457. The summed E-state index contributed by atoms with van der Waals surface area (Å²) in [6.07, 6.45) is 1.67. The molecule has 0 N–H and O–H groups in total. The van der Waals surface area contributed by atoms with E-state index in [2.05, 4.69) is 42.6 Å². The van der Waals surface area contributed by atoms with Crippen LogP contribution in [0.2, 0.25) is 10.0 Å². The van der Waals surface area contributed by atoms with Gasteiger partial charge in [0.25, 0.3) is 0 Å². The molecule has 0 aliphatic carbocycles. The highest BCUT2D eigenvalue weighted by Gasteiger charge is 2.18. The zero-order valence-electron chi connectivity index (χ0n) is 14.1. The van der Waals surface area contributed by atoms with Gasteiger partial charge in [-0.25, -0.2) is 9.36 Å². The second-order valence-corrected chi connectivity index (χ2v) is 7.39. The van der Waals surface area contributed by atoms with Gasteiger partial charge < -0.3 is 0 Å². The molecule has 0 radical (unpaired) electrons. The van der Waals surface area contributed by atoms with Crippen LogP contribution in [0.1, 0.15) is 11.1 Å². The number of tetrazole rings is 1. The minimum absolute atomic E-state index is 0.439. The Morgan fingerprint density at radius 2 is 1.86 bits per heavy atom. The van der Waals surface area contributed by atoms with Crippen molar-refractivity contribution in [1.29, 1.82) is 5.26 Å². The molecule has 0 bridgehead atoms. The highest BCUT2D eigenvalue weighted by atomic mass is 79.9. The van der Waals surface area contributed by atoms with Crippen LogP contribution in [-0.2, 0) is 6.54 Å². The molecule has 0 saturated heterocycles. The van der Waals surface area contributed by atoms with Crippen molar-refractivity contribution >= 4 is 39.1 Å². The Morgan fingerprint density at radius 3 is 2.57 bits per heavy atom. The van der Waals surface area contributed by atoms with Gasteiger partial charge in [-0.3, -0.25) is 0 Å². The van der Waals surface area contributed by atoms with Gasteiger partial charge in [-0.15, -0.1) is 5.10 Å². The molecule has 0 unspecified atom stereocenters. The van der Waals surface area contributed by atoms with E-state index in [0.717, 1.165) is 16.8 Å². The molecule has 0 fully saturated rings. The van der Waals surface area contributed by atoms with E-state index in [-0.39, 0.29) is 0 Å². The lowest BCUT2D eigenvalue weighted by Gasteiger charge is -2.06. The van der Waals surface area contributed by atoms with E-state index in [4.69, 9.17) is 28.5 Å². The summed E-state index contributed by atoms with van der Waals surface area (Å²) in [6, 6.07) is 14.6. The third kappa shape index (κ3) is 3.52. The first-order valence-electron chi connectivity index (χ1n) is 8.01. The van der Waals surface area contributed by atoms with Crippen LogP contribution in [0.25, 0.3) is 17.1 Å². The van der Waals surface area contributed by atoms with E-state index in [1.54, 1.807) is 39.8 Å². The highest BCUT2D eigenvalue weighted by molar-refractivity contribution is 9.10. The lowest BCUT2D eigenvalue weighted by molar-refractivity contribution is 0.653. The molecule has 0 spiro atoms. The molecule has 2 heterocycles. The van der Waals surface area contributed by atoms with Crippen LogP contribution in [0.4, 0.5) is 0 Å². The Kier molecular flexibility index (Phi) is 5.13. The molecule has 2 aromatic heterocycles. The molecule has 138 valence electrons. The molecule has 7 nitrogen and oxygen atoms in total. The highest BCUT2D eigenvalue weighted by Crippen LogP contribution is 2.31. The monoisotopic (exact) mass is 473 g/mol. The number of aromatic nitrogens is 6. The SMILES string of the molecule is N#Cc1ccc(Cn2nnnc2-c2cnn(-c3ccc(Cl)c(Cl)c3)c2Br)cc1. The zero-order valence-corrected chi connectivity index (χ0v) is 17.2. The van der Waals surface area contributed by atoms with Gasteiger partial charge in [0.1, 0.15) is 4.60 Å². The standard InChI is InChI=1S/C18H10BrCl2N7/c19-17-14(9-23-28(17)13-5-6-15(20)16(21)7-13)18-24-25-26-27(18)10-12-3-1-11(8-22)2-4-12/h1-7,9H,10H2. The molecule has 2 aromatic carbocycles. The molecule has 0 aliphatic heterocycles. The van der Waals surface area contributed by atoms with Crippen LogP contribution in [0.5, 0.6) is 0 Å². The topological polar surface area (TPSA) is 85.2 Å². The van der Waals surface area contributed by atoms with Crippen molar-refractivity contribution in [3.63, 3.8) is 0 Å². The van der Waals surface area contributed by atoms with Gasteiger partial charge in [0, 0.05) is 0 Å². The van der Waals surface area contributed by atoms with Crippen LogP contribution < -0.4 is 0 Å². The third-order valence-corrected chi connectivity index (χ3v) is 5.55. The van der Waals surface area contributed by atoms with Crippen molar-refractivity contribution in [2.45, 2.75) is 6.54 Å². The summed E-state index contributed by atoms with van der Waals surface area (Å²) in [5.74, 6) is 0.558. The molecule has 0 saturated carbocycles. The number of benzene rings is 2. The van der Waals surface area contributed by atoms with Crippen LogP contribution in [0, 0.1) is 11.3 Å². The molecule has 0 amide bonds. The number of hydrogen-bond donors (Lipinski definition) is 0. The Bertz CT molecular complexity index is 1190. The molecule has 28 heavy (non-hydrogen) atoms. The summed E-state index contributed by atoms with van der Waals surface area (Å²) in [7, 11) is 0. The van der Waals surface area contributed by atoms with Crippen LogP contribution in [0.15, 0.2) is 53.3 Å². The fraction of sp³-hybridized carbons (Fsp3) is 0.0556. The summed E-state index contributed by atoms with van der Waals surface area (Å²) in [4.78, 5) is 0. The summed E-state index contributed by atoms with van der Waals surface area (Å²) in [5.41, 5.74) is 3.05. The Balaban J connectivity index is 1.67. The van der Waals surface area contributed by atoms with Crippen molar-refractivity contribution in [2.75, 3.05) is 0 Å². The minimum atomic E-state index is 0.439. The lowest BCUT2D eigenvalue weighted by atomic mass is 10.1. The molecule has 4 rings (SSSR count). The van der Waals surface area contributed by atoms with Crippen molar-refractivity contribution in [3.8, 4) is 23.1 Å². The fourth-order valence-electron chi connectivity index (χ4n) is 2.64. The van der Waals surface area contributed by atoms with Crippen molar-refractivity contribution in [3.05, 3.63) is 74.4 Å². The van der Waals surface area contributed by atoms with Crippen molar-refractivity contribution < 1.29 is 0 Å². The predicted octanol–water partition coefficient (Wildman–Crippen LogP) is 4.52. The Morgan fingerprint density at radius 1 is 1.07 bits per heavy atom. The normalized spacial score (nSPS) is 10.8. The molecular formula is C18H10BrCl2N7. The van der Waals surface area contributed by atoms with Gasteiger partial charge in [-0.1, -0.05) is 35.3 Å². The first-order chi connectivity index (χ1) is 13.6. The fourth-order valence-corrected chi connectivity index (χ4v) is 3.51. The summed E-state index contributed by atoms with van der Waals surface area (Å²) < 4.78 is 4.03. The van der Waals surface area contributed by atoms with E-state index < -0.39 is 0 Å². The molecule has 4 aromatic rings. The van der Waals surface area contributed by atoms with Gasteiger partial charge in [0.05, 0.1) is 45.7 Å². The Labute approximate surface area is 178 Å². The Hall–Kier alpha value is -2.73. The average Bonchev–Trinajstić information content (AvgIpc) is 3.31. The lowest BCUT2D eigenvalue weighted by Crippen LogP contribution is -2.04. The largest absolute Gasteiger partial charge is 0.226 e. The molecule has 0 atom stereocenters. The number of nitriles is 1. The number of rotatable bonds is 4. The van der Waals surface area contributed by atoms with Gasteiger partial charge in [0.2, 0.25) is 0 Å². The van der Waals surface area contributed by atoms with Crippen molar-refractivity contribution in [1.82, 2.24) is 30.0 Å². The third-order valence-electron chi connectivity index (χ3n) is 4.05.